The molecule has 0 radical (unpaired) electrons. The first-order chi connectivity index (χ1) is 14.0. The summed E-state index contributed by atoms with van der Waals surface area (Å²) in [6.07, 6.45) is 4.35. The van der Waals surface area contributed by atoms with E-state index in [4.69, 9.17) is 5.73 Å². The third kappa shape index (κ3) is 5.98. The quantitative estimate of drug-likeness (QED) is 0.400. The Morgan fingerprint density at radius 3 is 2.62 bits per heavy atom. The van der Waals surface area contributed by atoms with Gasteiger partial charge < -0.3 is 21.3 Å². The lowest BCUT2D eigenvalue weighted by Gasteiger charge is -2.12. The van der Waals surface area contributed by atoms with Crippen molar-refractivity contribution in [3.63, 3.8) is 0 Å². The van der Waals surface area contributed by atoms with Gasteiger partial charge in [0.2, 0.25) is 5.95 Å². The summed E-state index contributed by atoms with van der Waals surface area (Å²) in [5, 5.41) is 6.07. The highest BCUT2D eigenvalue weighted by molar-refractivity contribution is 6.04. The summed E-state index contributed by atoms with van der Waals surface area (Å²) in [5.41, 5.74) is 8.36. The van der Waals surface area contributed by atoms with Crippen LogP contribution in [0.1, 0.15) is 16.8 Å². The molecular weight excluding hydrogens is 366 g/mol. The molecule has 0 fully saturated rings. The standard InChI is InChI=1S/C21H25N7O/c1-28(2)12-4-9-24-21-25-18(15-7-10-23-11-8-15)14-19(27-21)26-20(29)16-5-3-6-17(22)13-16/h3,5-8,10-11,13-14H,4,9,12,22H2,1-2H3,(H2,24,25,26,27,29). The number of aromatic nitrogens is 3. The largest absolute Gasteiger partial charge is 0.399 e. The lowest BCUT2D eigenvalue weighted by Crippen LogP contribution is -2.18. The second-order valence-corrected chi connectivity index (χ2v) is 6.86. The fourth-order valence-electron chi connectivity index (χ4n) is 2.72. The van der Waals surface area contributed by atoms with E-state index in [0.717, 1.165) is 25.1 Å². The Morgan fingerprint density at radius 1 is 1.10 bits per heavy atom. The summed E-state index contributed by atoms with van der Waals surface area (Å²) in [6, 6.07) is 12.3. The van der Waals surface area contributed by atoms with Gasteiger partial charge in [0.25, 0.3) is 5.91 Å². The van der Waals surface area contributed by atoms with Crippen molar-refractivity contribution >= 4 is 23.4 Å². The van der Waals surface area contributed by atoms with Crippen molar-refractivity contribution in [3.8, 4) is 11.3 Å². The van der Waals surface area contributed by atoms with Gasteiger partial charge in [-0.2, -0.15) is 4.98 Å². The van der Waals surface area contributed by atoms with Crippen molar-refractivity contribution in [1.29, 1.82) is 0 Å². The monoisotopic (exact) mass is 391 g/mol. The van der Waals surface area contributed by atoms with E-state index in [1.807, 2.05) is 26.2 Å². The number of rotatable bonds is 8. The highest BCUT2D eigenvalue weighted by Gasteiger charge is 2.11. The molecular formula is C21H25N7O. The van der Waals surface area contributed by atoms with Gasteiger partial charge in [0, 0.05) is 41.8 Å². The maximum absolute atomic E-state index is 12.6. The number of pyridine rings is 1. The van der Waals surface area contributed by atoms with Crippen LogP contribution < -0.4 is 16.4 Å². The molecule has 2 heterocycles. The number of nitrogen functional groups attached to an aromatic ring is 1. The molecule has 8 heteroatoms. The molecule has 0 atom stereocenters. The van der Waals surface area contributed by atoms with Gasteiger partial charge >= 0.3 is 0 Å². The Balaban J connectivity index is 1.82. The number of anilines is 3. The van der Waals surface area contributed by atoms with E-state index in [0.29, 0.717) is 28.7 Å². The number of hydrogen-bond donors (Lipinski definition) is 3. The maximum atomic E-state index is 12.6. The van der Waals surface area contributed by atoms with Crippen molar-refractivity contribution in [2.45, 2.75) is 6.42 Å². The Hall–Kier alpha value is -3.52. The molecule has 0 saturated carbocycles. The normalized spacial score (nSPS) is 10.7. The fraction of sp³-hybridized carbons (Fsp3) is 0.238. The summed E-state index contributed by atoms with van der Waals surface area (Å²) < 4.78 is 0. The minimum absolute atomic E-state index is 0.282. The number of hydrogen-bond acceptors (Lipinski definition) is 7. The molecule has 3 rings (SSSR count). The van der Waals surface area contributed by atoms with E-state index >= 15 is 0 Å². The Morgan fingerprint density at radius 2 is 1.90 bits per heavy atom. The molecule has 29 heavy (non-hydrogen) atoms. The molecule has 0 saturated heterocycles. The molecule has 1 amide bonds. The predicted octanol–water partition coefficient (Wildman–Crippen LogP) is 2.74. The number of nitrogens with two attached hydrogens (primary N) is 1. The van der Waals surface area contributed by atoms with Gasteiger partial charge in [0.15, 0.2) is 0 Å². The van der Waals surface area contributed by atoms with Crippen molar-refractivity contribution in [1.82, 2.24) is 19.9 Å². The first-order valence-electron chi connectivity index (χ1n) is 9.36. The van der Waals surface area contributed by atoms with E-state index < -0.39 is 0 Å². The highest BCUT2D eigenvalue weighted by atomic mass is 16.1. The zero-order valence-corrected chi connectivity index (χ0v) is 16.6. The zero-order valence-electron chi connectivity index (χ0n) is 16.6. The van der Waals surface area contributed by atoms with E-state index in [9.17, 15) is 4.79 Å². The van der Waals surface area contributed by atoms with Gasteiger partial charge in [-0.1, -0.05) is 6.07 Å². The molecule has 0 bridgehead atoms. The van der Waals surface area contributed by atoms with Crippen molar-refractivity contribution in [3.05, 3.63) is 60.4 Å². The number of carbonyl (C=O) groups excluding carboxylic acids is 1. The van der Waals surface area contributed by atoms with Crippen LogP contribution in [0.4, 0.5) is 17.5 Å². The van der Waals surface area contributed by atoms with Crippen LogP contribution >= 0.6 is 0 Å². The Bertz CT molecular complexity index is 960. The van der Waals surface area contributed by atoms with Crippen LogP contribution in [0.25, 0.3) is 11.3 Å². The molecule has 0 aliphatic heterocycles. The first kappa shape index (κ1) is 20.2. The van der Waals surface area contributed by atoms with Gasteiger partial charge in [-0.15, -0.1) is 0 Å². The van der Waals surface area contributed by atoms with Crippen LogP contribution in [0.2, 0.25) is 0 Å². The van der Waals surface area contributed by atoms with E-state index in [-0.39, 0.29) is 5.91 Å². The number of benzene rings is 1. The van der Waals surface area contributed by atoms with Crippen molar-refractivity contribution in [2.24, 2.45) is 0 Å². The molecule has 150 valence electrons. The summed E-state index contributed by atoms with van der Waals surface area (Å²) in [4.78, 5) is 27.8. The third-order valence-electron chi connectivity index (χ3n) is 4.16. The third-order valence-corrected chi connectivity index (χ3v) is 4.16. The Kier molecular flexibility index (Phi) is 6.70. The van der Waals surface area contributed by atoms with Crippen LogP contribution in [-0.4, -0.2) is 52.9 Å². The number of carbonyl (C=O) groups is 1. The van der Waals surface area contributed by atoms with Crippen LogP contribution in [-0.2, 0) is 0 Å². The minimum atomic E-state index is -0.282. The van der Waals surface area contributed by atoms with Gasteiger partial charge in [0.1, 0.15) is 5.82 Å². The summed E-state index contributed by atoms with van der Waals surface area (Å²) in [7, 11) is 4.06. The molecule has 8 nitrogen and oxygen atoms in total. The first-order valence-corrected chi connectivity index (χ1v) is 9.36. The predicted molar refractivity (Wildman–Crippen MR) is 116 cm³/mol. The SMILES string of the molecule is CN(C)CCCNc1nc(NC(=O)c2cccc(N)c2)cc(-c2ccncc2)n1. The lowest BCUT2D eigenvalue weighted by atomic mass is 10.2. The van der Waals surface area contributed by atoms with E-state index in [1.165, 1.54) is 0 Å². The lowest BCUT2D eigenvalue weighted by molar-refractivity contribution is 0.102. The maximum Gasteiger partial charge on any atom is 0.256 e. The zero-order chi connectivity index (χ0) is 20.6. The van der Waals surface area contributed by atoms with Crippen LogP contribution in [0.3, 0.4) is 0 Å². The summed E-state index contributed by atoms with van der Waals surface area (Å²) in [6.45, 7) is 1.68. The average Bonchev–Trinajstić information content (AvgIpc) is 2.71. The van der Waals surface area contributed by atoms with Gasteiger partial charge in [-0.05, 0) is 57.4 Å². The number of nitrogens with zero attached hydrogens (tertiary/aromatic N) is 4. The Labute approximate surface area is 170 Å². The van der Waals surface area contributed by atoms with Crippen molar-refractivity contribution < 1.29 is 4.79 Å². The van der Waals surface area contributed by atoms with Crippen LogP contribution in [0.15, 0.2) is 54.9 Å². The number of amides is 1. The average molecular weight is 391 g/mol. The minimum Gasteiger partial charge on any atom is -0.399 e. The van der Waals surface area contributed by atoms with E-state index in [2.05, 4.69) is 30.5 Å². The van der Waals surface area contributed by atoms with Gasteiger partial charge in [0.05, 0.1) is 5.69 Å². The number of nitrogens with one attached hydrogen (secondary N) is 2. The molecule has 1 aromatic carbocycles. The fourth-order valence-corrected chi connectivity index (χ4v) is 2.72. The van der Waals surface area contributed by atoms with E-state index in [1.54, 1.807) is 42.7 Å². The molecule has 4 N–H and O–H groups in total. The molecule has 3 aromatic rings. The molecule has 0 spiro atoms. The van der Waals surface area contributed by atoms with Gasteiger partial charge in [-0.3, -0.25) is 9.78 Å². The molecule has 0 aliphatic carbocycles. The second-order valence-electron chi connectivity index (χ2n) is 6.86. The summed E-state index contributed by atoms with van der Waals surface area (Å²) in [5.74, 6) is 0.588. The highest BCUT2D eigenvalue weighted by Crippen LogP contribution is 2.21. The summed E-state index contributed by atoms with van der Waals surface area (Å²) >= 11 is 0. The molecule has 0 aliphatic rings. The van der Waals surface area contributed by atoms with Crippen LogP contribution in [0.5, 0.6) is 0 Å². The molecule has 0 unspecified atom stereocenters. The van der Waals surface area contributed by atoms with Crippen LogP contribution in [0, 0.1) is 0 Å². The topological polar surface area (TPSA) is 109 Å². The smallest absolute Gasteiger partial charge is 0.256 e. The second kappa shape index (κ2) is 9.61. The molecule has 2 aromatic heterocycles. The van der Waals surface area contributed by atoms with Gasteiger partial charge in [-0.25, -0.2) is 4.98 Å². The van der Waals surface area contributed by atoms with Crippen molar-refractivity contribution in [2.75, 3.05) is 43.6 Å².